The minimum absolute atomic E-state index is 0.0200. The minimum Gasteiger partial charge on any atom is -0.486 e. The van der Waals surface area contributed by atoms with Gasteiger partial charge in [-0.05, 0) is 24.3 Å². The van der Waals surface area contributed by atoms with E-state index in [0.29, 0.717) is 52.9 Å². The summed E-state index contributed by atoms with van der Waals surface area (Å²) in [6.45, 7) is 0.908. The smallest absolute Gasteiger partial charge is 0.415 e. The third kappa shape index (κ3) is 5.36. The number of carbonyl (C=O) groups is 3. The summed E-state index contributed by atoms with van der Waals surface area (Å²) in [5.74, 6) is 4.70. The van der Waals surface area contributed by atoms with Gasteiger partial charge in [-0.2, -0.15) is 0 Å². The maximum atomic E-state index is 11.6. The quantitative estimate of drug-likeness (QED) is 0.510. The zero-order valence-electron chi connectivity index (χ0n) is 19.0. The van der Waals surface area contributed by atoms with E-state index in [1.54, 1.807) is 42.6 Å². The molecular formula is C24H20N4O8. The van der Waals surface area contributed by atoms with E-state index < -0.39 is 24.1 Å². The lowest BCUT2D eigenvalue weighted by atomic mass is 10.2. The van der Waals surface area contributed by atoms with Gasteiger partial charge in [-0.3, -0.25) is 14.7 Å². The molecule has 5 rings (SSSR count). The first-order valence-electron chi connectivity index (χ1n) is 10.6. The van der Waals surface area contributed by atoms with Crippen molar-refractivity contribution in [3.63, 3.8) is 0 Å². The van der Waals surface area contributed by atoms with Crippen molar-refractivity contribution in [2.45, 2.75) is 6.10 Å². The van der Waals surface area contributed by atoms with Crippen LogP contribution in [0.15, 0.2) is 42.6 Å². The first-order chi connectivity index (χ1) is 17.4. The highest BCUT2D eigenvalue weighted by atomic mass is 16.6. The van der Waals surface area contributed by atoms with Gasteiger partial charge in [-0.25, -0.2) is 14.6 Å². The number of hydrogen-bond donors (Lipinski definition) is 2. The number of rotatable bonds is 3. The normalized spacial score (nSPS) is 15.6. The molecule has 2 aliphatic heterocycles. The van der Waals surface area contributed by atoms with E-state index in [1.165, 1.54) is 12.0 Å². The Morgan fingerprint density at radius 3 is 2.64 bits per heavy atom. The minimum atomic E-state index is -1.16. The van der Waals surface area contributed by atoms with Crippen LogP contribution in [0.4, 0.5) is 10.5 Å². The molecule has 2 aromatic heterocycles. The van der Waals surface area contributed by atoms with Gasteiger partial charge in [0, 0.05) is 24.3 Å². The monoisotopic (exact) mass is 492 g/mol. The third-order valence-electron chi connectivity index (χ3n) is 5.01. The highest BCUT2D eigenvalue weighted by molar-refractivity contribution is 5.94. The van der Waals surface area contributed by atoms with Gasteiger partial charge in [0.05, 0.1) is 30.4 Å². The maximum absolute atomic E-state index is 11.6. The largest absolute Gasteiger partial charge is 0.486 e. The third-order valence-corrected chi connectivity index (χ3v) is 5.01. The number of cyclic esters (lactones) is 1. The number of nitrogens with zero attached hydrogens (tertiary/aromatic N) is 3. The van der Waals surface area contributed by atoms with E-state index >= 15 is 0 Å². The summed E-state index contributed by atoms with van der Waals surface area (Å²) in [6, 6.07) is 10.1. The molecule has 0 radical (unpaired) electrons. The number of carboxylic acids is 1. The number of carbonyl (C=O) groups excluding carboxylic acids is 2. The highest BCUT2D eigenvalue weighted by Crippen LogP contribution is 2.35. The zero-order chi connectivity index (χ0) is 25.7. The second-order valence-electron chi connectivity index (χ2n) is 7.34. The van der Waals surface area contributed by atoms with Crippen molar-refractivity contribution in [2.75, 3.05) is 31.8 Å². The van der Waals surface area contributed by atoms with Gasteiger partial charge < -0.3 is 29.8 Å². The van der Waals surface area contributed by atoms with Crippen molar-refractivity contribution in [1.29, 1.82) is 0 Å². The Hall–Kier alpha value is -5.05. The Balaban J connectivity index is 0.000000170. The fraction of sp³-hybridized carbons (Fsp3) is 0.208. The number of anilines is 1. The molecular weight excluding hydrogens is 472 g/mol. The van der Waals surface area contributed by atoms with Gasteiger partial charge in [0.2, 0.25) is 12.0 Å². The predicted octanol–water partition coefficient (Wildman–Crippen LogP) is 1.34. The van der Waals surface area contributed by atoms with Gasteiger partial charge in [0.15, 0.2) is 11.5 Å². The number of benzene rings is 1. The standard InChI is InChI=1S/C12H9N3O2.C12H11NO6/c1-17-11-5-3-9-12(15-11)8(6-7-14-9)2-4-10(13)16;14-11(15)10-6-13(12(16)19-10)7-1-2-8-9(5-7)18-4-3-17-8/h3,5-7H,1H3,(H2,13,16);1-2,5,10H,3-4,6H2,(H,14,15)/t;10-/m.0/s1. The molecule has 0 saturated carbocycles. The molecule has 12 heteroatoms. The first-order valence-corrected chi connectivity index (χ1v) is 10.6. The Morgan fingerprint density at radius 2 is 1.94 bits per heavy atom. The van der Waals surface area contributed by atoms with Crippen LogP contribution in [0.5, 0.6) is 17.4 Å². The number of primary amides is 1. The topological polar surface area (TPSA) is 163 Å². The molecule has 184 valence electrons. The summed E-state index contributed by atoms with van der Waals surface area (Å²) in [4.78, 5) is 42.7. The Labute approximate surface area is 204 Å². The lowest BCUT2D eigenvalue weighted by Crippen LogP contribution is -2.27. The number of methoxy groups -OCH3 is 1. The molecule has 2 aliphatic rings. The molecule has 0 spiro atoms. The van der Waals surface area contributed by atoms with Crippen LogP contribution in [0.1, 0.15) is 5.56 Å². The van der Waals surface area contributed by atoms with E-state index in [0.717, 1.165) is 0 Å². The van der Waals surface area contributed by atoms with E-state index in [9.17, 15) is 14.4 Å². The van der Waals surface area contributed by atoms with Crippen molar-refractivity contribution < 1.29 is 38.4 Å². The predicted molar refractivity (Wildman–Crippen MR) is 125 cm³/mol. The fourth-order valence-corrected chi connectivity index (χ4v) is 3.35. The van der Waals surface area contributed by atoms with E-state index in [-0.39, 0.29) is 6.54 Å². The van der Waals surface area contributed by atoms with E-state index in [1.807, 2.05) is 0 Å². The van der Waals surface area contributed by atoms with Crippen LogP contribution >= 0.6 is 0 Å². The molecule has 1 aromatic carbocycles. The van der Waals surface area contributed by atoms with E-state index in [2.05, 4.69) is 21.8 Å². The number of fused-ring (bicyclic) bond motifs is 2. The SMILES string of the molecule is COc1ccc2nccc(C#CC(N)=O)c2n1.O=C(O)[C@@H]1CN(c2ccc3c(c2)OCCO3)C(=O)O1. The summed E-state index contributed by atoms with van der Waals surface area (Å²) < 4.78 is 20.6. The molecule has 36 heavy (non-hydrogen) atoms. The van der Waals surface area contributed by atoms with Gasteiger partial charge in [-0.1, -0.05) is 5.92 Å². The van der Waals surface area contributed by atoms with Gasteiger partial charge >= 0.3 is 12.1 Å². The first kappa shape index (κ1) is 24.1. The molecule has 1 saturated heterocycles. The van der Waals surface area contributed by atoms with Crippen molar-refractivity contribution in [1.82, 2.24) is 9.97 Å². The lowest BCUT2D eigenvalue weighted by Gasteiger charge is -2.20. The van der Waals surface area contributed by atoms with Crippen LogP contribution in [0.3, 0.4) is 0 Å². The van der Waals surface area contributed by atoms with Crippen LogP contribution < -0.4 is 24.8 Å². The zero-order valence-corrected chi connectivity index (χ0v) is 19.0. The van der Waals surface area contributed by atoms with Crippen molar-refractivity contribution in [3.05, 3.63) is 48.2 Å². The molecule has 12 nitrogen and oxygen atoms in total. The van der Waals surface area contributed by atoms with Crippen LogP contribution in [-0.2, 0) is 14.3 Å². The Morgan fingerprint density at radius 1 is 1.17 bits per heavy atom. The summed E-state index contributed by atoms with van der Waals surface area (Å²) in [7, 11) is 1.53. The fourth-order valence-electron chi connectivity index (χ4n) is 3.35. The van der Waals surface area contributed by atoms with Crippen LogP contribution in [0.2, 0.25) is 0 Å². The van der Waals surface area contributed by atoms with Gasteiger partial charge in [0.25, 0.3) is 5.91 Å². The Kier molecular flexibility index (Phi) is 7.01. The number of aliphatic carboxylic acids is 1. The number of amides is 2. The van der Waals surface area contributed by atoms with Crippen LogP contribution in [-0.4, -0.2) is 66.0 Å². The molecule has 1 atom stereocenters. The summed E-state index contributed by atoms with van der Waals surface area (Å²) in [6.07, 6.45) is -0.216. The molecule has 0 aliphatic carbocycles. The van der Waals surface area contributed by atoms with Crippen molar-refractivity contribution >= 4 is 34.7 Å². The van der Waals surface area contributed by atoms with Crippen LogP contribution in [0.25, 0.3) is 11.0 Å². The number of hydrogen-bond acceptors (Lipinski definition) is 9. The van der Waals surface area contributed by atoms with Crippen LogP contribution in [0, 0.1) is 11.8 Å². The molecule has 3 aromatic rings. The van der Waals surface area contributed by atoms with E-state index in [4.69, 9.17) is 29.8 Å². The molecule has 2 amide bonds. The molecule has 3 N–H and O–H groups in total. The highest BCUT2D eigenvalue weighted by Gasteiger charge is 2.37. The van der Waals surface area contributed by atoms with Gasteiger partial charge in [0.1, 0.15) is 18.7 Å². The number of carboxylic acid groups (broad SMARTS) is 1. The average Bonchev–Trinajstić information content (AvgIpc) is 3.29. The molecule has 4 heterocycles. The molecule has 1 fully saturated rings. The second kappa shape index (κ2) is 10.5. The number of nitrogens with two attached hydrogens (primary N) is 1. The van der Waals surface area contributed by atoms with Crippen molar-refractivity contribution in [3.8, 4) is 29.2 Å². The molecule has 0 bridgehead atoms. The summed E-state index contributed by atoms with van der Waals surface area (Å²) >= 11 is 0. The van der Waals surface area contributed by atoms with Gasteiger partial charge in [-0.15, -0.1) is 0 Å². The second-order valence-corrected chi connectivity index (χ2v) is 7.34. The number of pyridine rings is 2. The van der Waals surface area contributed by atoms with Crippen molar-refractivity contribution in [2.24, 2.45) is 5.73 Å². The maximum Gasteiger partial charge on any atom is 0.415 e. The lowest BCUT2D eigenvalue weighted by molar-refractivity contribution is -0.144. The molecule has 0 unspecified atom stereocenters. The Bertz CT molecular complexity index is 1400. The average molecular weight is 492 g/mol. The number of ether oxygens (including phenoxy) is 4. The summed E-state index contributed by atoms with van der Waals surface area (Å²) in [5, 5.41) is 8.84. The summed E-state index contributed by atoms with van der Waals surface area (Å²) in [5.41, 5.74) is 7.35. The number of aromatic nitrogens is 2.